The summed E-state index contributed by atoms with van der Waals surface area (Å²) in [7, 11) is 1.61. The van der Waals surface area contributed by atoms with Gasteiger partial charge < -0.3 is 19.8 Å². The fourth-order valence-corrected chi connectivity index (χ4v) is 2.12. The van der Waals surface area contributed by atoms with Crippen LogP contribution in [-0.2, 0) is 0 Å². The largest absolute Gasteiger partial charge is 0.496 e. The average molecular weight is 253 g/mol. The van der Waals surface area contributed by atoms with Gasteiger partial charge in [0.05, 0.1) is 13.2 Å². The molecule has 4 nitrogen and oxygen atoms in total. The van der Waals surface area contributed by atoms with Crippen molar-refractivity contribution < 1.29 is 14.9 Å². The van der Waals surface area contributed by atoms with E-state index in [9.17, 15) is 5.11 Å². The lowest BCUT2D eigenvalue weighted by atomic mass is 10.1. The van der Waals surface area contributed by atoms with Crippen molar-refractivity contribution in [2.24, 2.45) is 0 Å². The van der Waals surface area contributed by atoms with Gasteiger partial charge in [-0.3, -0.25) is 0 Å². The minimum absolute atomic E-state index is 0.171. The number of hydrogen-bond acceptors (Lipinski definition) is 4. The predicted octanol–water partition coefficient (Wildman–Crippen LogP) is 1.96. The number of anilines is 1. The highest BCUT2D eigenvalue weighted by molar-refractivity contribution is 5.60. The molecule has 0 spiro atoms. The van der Waals surface area contributed by atoms with Crippen molar-refractivity contribution in [3.63, 3.8) is 0 Å². The van der Waals surface area contributed by atoms with Crippen LogP contribution in [0.15, 0.2) is 18.2 Å². The summed E-state index contributed by atoms with van der Waals surface area (Å²) in [6.45, 7) is 5.56. The first-order valence-corrected chi connectivity index (χ1v) is 6.36. The number of hydrogen-bond donors (Lipinski definition) is 2. The summed E-state index contributed by atoms with van der Waals surface area (Å²) >= 11 is 0. The Bertz CT molecular complexity index is 366. The summed E-state index contributed by atoms with van der Waals surface area (Å²) in [5.74, 6) is 0.699. The molecule has 1 aromatic rings. The number of benzene rings is 1. The fourth-order valence-electron chi connectivity index (χ4n) is 2.12. The highest BCUT2D eigenvalue weighted by Crippen LogP contribution is 2.34. The van der Waals surface area contributed by atoms with Gasteiger partial charge in [-0.1, -0.05) is 6.07 Å². The van der Waals surface area contributed by atoms with Gasteiger partial charge >= 0.3 is 0 Å². The van der Waals surface area contributed by atoms with E-state index in [2.05, 4.69) is 11.8 Å². The molecule has 0 aromatic heterocycles. The molecule has 18 heavy (non-hydrogen) atoms. The fraction of sp³-hybridized carbons (Fsp3) is 0.571. The predicted molar refractivity (Wildman–Crippen MR) is 73.2 cm³/mol. The number of nitrogens with zero attached hydrogens (tertiary/aromatic N) is 1. The topological polar surface area (TPSA) is 52.9 Å². The molecular weight excluding hydrogens is 230 g/mol. The lowest BCUT2D eigenvalue weighted by Crippen LogP contribution is -2.26. The van der Waals surface area contributed by atoms with Gasteiger partial charge in [0, 0.05) is 30.9 Å². The Morgan fingerprint density at radius 1 is 1.39 bits per heavy atom. The lowest BCUT2D eigenvalue weighted by molar-refractivity contribution is 0.194. The van der Waals surface area contributed by atoms with Crippen LogP contribution in [0.25, 0.3) is 0 Å². The third-order valence-corrected chi connectivity index (χ3v) is 2.99. The highest BCUT2D eigenvalue weighted by atomic mass is 16.5. The van der Waals surface area contributed by atoms with Gasteiger partial charge in [0.2, 0.25) is 0 Å². The second kappa shape index (κ2) is 7.24. The van der Waals surface area contributed by atoms with Crippen LogP contribution in [0.1, 0.15) is 31.9 Å². The van der Waals surface area contributed by atoms with E-state index in [4.69, 9.17) is 9.84 Å². The molecule has 2 N–H and O–H groups in total. The Balaban J connectivity index is 3.12. The van der Waals surface area contributed by atoms with E-state index in [-0.39, 0.29) is 6.61 Å². The second-order valence-corrected chi connectivity index (χ2v) is 4.23. The van der Waals surface area contributed by atoms with E-state index < -0.39 is 6.10 Å². The Morgan fingerprint density at radius 2 is 2.11 bits per heavy atom. The molecule has 102 valence electrons. The number of methoxy groups -OCH3 is 1. The minimum Gasteiger partial charge on any atom is -0.496 e. The molecule has 0 unspecified atom stereocenters. The molecule has 0 heterocycles. The zero-order valence-corrected chi connectivity index (χ0v) is 11.4. The molecule has 0 saturated carbocycles. The van der Waals surface area contributed by atoms with Crippen molar-refractivity contribution in [2.75, 3.05) is 31.7 Å². The Labute approximate surface area is 109 Å². The molecule has 0 aliphatic heterocycles. The van der Waals surface area contributed by atoms with Crippen LogP contribution in [0.5, 0.6) is 5.75 Å². The van der Waals surface area contributed by atoms with Crippen LogP contribution < -0.4 is 9.64 Å². The minimum atomic E-state index is -0.584. The van der Waals surface area contributed by atoms with Crippen LogP contribution in [-0.4, -0.2) is 37.0 Å². The zero-order valence-electron chi connectivity index (χ0n) is 11.4. The van der Waals surface area contributed by atoms with Gasteiger partial charge in [-0.2, -0.15) is 0 Å². The van der Waals surface area contributed by atoms with Crippen molar-refractivity contribution >= 4 is 5.69 Å². The third kappa shape index (κ3) is 3.37. The number of rotatable bonds is 7. The van der Waals surface area contributed by atoms with E-state index in [1.54, 1.807) is 14.0 Å². The van der Waals surface area contributed by atoms with Crippen molar-refractivity contribution in [2.45, 2.75) is 26.4 Å². The first-order chi connectivity index (χ1) is 8.65. The molecule has 0 aliphatic carbocycles. The maximum Gasteiger partial charge on any atom is 0.126 e. The average Bonchev–Trinajstić information content (AvgIpc) is 2.38. The van der Waals surface area contributed by atoms with E-state index in [0.717, 1.165) is 24.3 Å². The van der Waals surface area contributed by atoms with Crippen LogP contribution in [0.2, 0.25) is 0 Å². The summed E-state index contributed by atoms with van der Waals surface area (Å²) in [4.78, 5) is 2.14. The van der Waals surface area contributed by atoms with Gasteiger partial charge in [0.15, 0.2) is 0 Å². The smallest absolute Gasteiger partial charge is 0.126 e. The quantitative estimate of drug-likeness (QED) is 0.780. The van der Waals surface area contributed by atoms with Gasteiger partial charge in [0.1, 0.15) is 5.75 Å². The van der Waals surface area contributed by atoms with Crippen LogP contribution in [0, 0.1) is 0 Å². The van der Waals surface area contributed by atoms with E-state index in [1.807, 2.05) is 18.2 Å². The molecular formula is C14H23NO3. The van der Waals surface area contributed by atoms with Gasteiger partial charge in [-0.25, -0.2) is 0 Å². The Hall–Kier alpha value is -1.26. The highest BCUT2D eigenvalue weighted by Gasteiger charge is 2.17. The molecule has 1 atom stereocenters. The van der Waals surface area contributed by atoms with Crippen LogP contribution in [0.4, 0.5) is 5.69 Å². The molecule has 0 fully saturated rings. The molecule has 0 aliphatic rings. The second-order valence-electron chi connectivity index (χ2n) is 4.23. The van der Waals surface area contributed by atoms with E-state index >= 15 is 0 Å². The van der Waals surface area contributed by atoms with Crippen molar-refractivity contribution in [3.05, 3.63) is 23.8 Å². The van der Waals surface area contributed by atoms with E-state index in [1.165, 1.54) is 0 Å². The summed E-state index contributed by atoms with van der Waals surface area (Å²) in [5.41, 5.74) is 1.78. The Kier molecular flexibility index (Phi) is 5.95. The molecule has 0 bridgehead atoms. The number of ether oxygens (including phenoxy) is 1. The van der Waals surface area contributed by atoms with Crippen LogP contribution in [0.3, 0.4) is 0 Å². The number of aliphatic hydroxyl groups is 2. The number of aliphatic hydroxyl groups excluding tert-OH is 2. The molecule has 4 heteroatoms. The van der Waals surface area contributed by atoms with Crippen molar-refractivity contribution in [1.82, 2.24) is 0 Å². The SMILES string of the molecule is CCN(CCCO)c1cccc(OC)c1[C@@H](C)O. The zero-order chi connectivity index (χ0) is 13.5. The van der Waals surface area contributed by atoms with Crippen LogP contribution >= 0.6 is 0 Å². The molecule has 1 aromatic carbocycles. The normalized spacial score (nSPS) is 12.3. The summed E-state index contributed by atoms with van der Waals surface area (Å²) < 4.78 is 5.31. The summed E-state index contributed by atoms with van der Waals surface area (Å²) in [5, 5.41) is 18.9. The first kappa shape index (κ1) is 14.8. The first-order valence-electron chi connectivity index (χ1n) is 6.36. The molecule has 0 saturated heterocycles. The van der Waals surface area contributed by atoms with Gasteiger partial charge in [0.25, 0.3) is 0 Å². The standard InChI is InChI=1S/C14H23NO3/c1-4-15(9-6-10-16)12-7-5-8-13(18-3)14(12)11(2)17/h5,7-8,11,16-17H,4,6,9-10H2,1-3H3/t11-/m1/s1. The van der Waals surface area contributed by atoms with Gasteiger partial charge in [-0.15, -0.1) is 0 Å². The summed E-state index contributed by atoms with van der Waals surface area (Å²) in [6, 6.07) is 5.75. The maximum absolute atomic E-state index is 9.93. The van der Waals surface area contributed by atoms with E-state index in [0.29, 0.717) is 12.2 Å². The van der Waals surface area contributed by atoms with Gasteiger partial charge in [-0.05, 0) is 32.4 Å². The van der Waals surface area contributed by atoms with Crippen molar-refractivity contribution in [3.8, 4) is 5.75 Å². The lowest BCUT2D eigenvalue weighted by Gasteiger charge is -2.27. The molecule has 0 radical (unpaired) electrons. The summed E-state index contributed by atoms with van der Waals surface area (Å²) in [6.07, 6.45) is 0.129. The molecule has 0 amide bonds. The molecule has 1 rings (SSSR count). The van der Waals surface area contributed by atoms with Crippen molar-refractivity contribution in [1.29, 1.82) is 0 Å². The maximum atomic E-state index is 9.93. The Morgan fingerprint density at radius 3 is 2.61 bits per heavy atom. The monoisotopic (exact) mass is 253 g/mol. The third-order valence-electron chi connectivity index (χ3n) is 2.99.